The van der Waals surface area contributed by atoms with Crippen molar-refractivity contribution in [2.24, 2.45) is 0 Å². The number of aromatic nitrogens is 3. The molecule has 0 aromatic carbocycles. The predicted octanol–water partition coefficient (Wildman–Crippen LogP) is 6.09. The van der Waals surface area contributed by atoms with Crippen LogP contribution >= 0.6 is 34.8 Å². The van der Waals surface area contributed by atoms with Crippen molar-refractivity contribution in [2.75, 3.05) is 5.32 Å². The number of carboxylic acid groups (broad SMARTS) is 1. The van der Waals surface area contributed by atoms with Crippen molar-refractivity contribution in [1.82, 2.24) is 15.0 Å². The Morgan fingerprint density at radius 1 is 0.771 bits per heavy atom. The fourth-order valence-corrected chi connectivity index (χ4v) is 4.83. The van der Waals surface area contributed by atoms with Crippen LogP contribution in [0.3, 0.4) is 0 Å². The van der Waals surface area contributed by atoms with Crippen molar-refractivity contribution in [1.29, 1.82) is 0 Å². The Hall–Kier alpha value is -2.74. The summed E-state index contributed by atoms with van der Waals surface area (Å²) in [7, 11) is 0. The van der Waals surface area contributed by atoms with Crippen LogP contribution in [0.2, 0.25) is 15.1 Å². The predicted molar refractivity (Wildman–Crippen MR) is 135 cm³/mol. The van der Waals surface area contributed by atoms with Crippen molar-refractivity contribution in [2.45, 2.75) is 49.4 Å². The highest BCUT2D eigenvalue weighted by atomic mass is 35.5. The highest BCUT2D eigenvalue weighted by molar-refractivity contribution is 6.31. The summed E-state index contributed by atoms with van der Waals surface area (Å²) >= 11 is 17.6. The lowest BCUT2D eigenvalue weighted by molar-refractivity contribution is -0.147. The SMILES string of the molecule is O=C(Nc1ccc(Cl)cn1)C1(c2cncc(Cl)c2)CCC1.O=C(O)C1(c2cncc(Cl)c2)CCC1. The number of amides is 1. The molecule has 2 aliphatic carbocycles. The van der Waals surface area contributed by atoms with Gasteiger partial charge < -0.3 is 10.4 Å². The number of carboxylic acids is 1. The second-order valence-electron chi connectivity index (χ2n) is 8.78. The van der Waals surface area contributed by atoms with Gasteiger partial charge in [-0.15, -0.1) is 0 Å². The normalized spacial score (nSPS) is 17.1. The van der Waals surface area contributed by atoms with Crippen LogP contribution in [0.4, 0.5) is 5.82 Å². The minimum atomic E-state index is -0.771. The lowest BCUT2D eigenvalue weighted by Gasteiger charge is -2.40. The molecule has 1 amide bonds. The third-order valence-electron chi connectivity index (χ3n) is 6.74. The van der Waals surface area contributed by atoms with Crippen LogP contribution in [0.1, 0.15) is 49.7 Å². The van der Waals surface area contributed by atoms with Crippen LogP contribution in [-0.4, -0.2) is 31.9 Å². The molecule has 7 nitrogen and oxygen atoms in total. The fourth-order valence-electron chi connectivity index (χ4n) is 4.37. The van der Waals surface area contributed by atoms with Crippen LogP contribution in [0, 0.1) is 0 Å². The second kappa shape index (κ2) is 10.5. The molecule has 2 fully saturated rings. The summed E-state index contributed by atoms with van der Waals surface area (Å²) in [6, 6.07) is 6.88. The molecule has 0 aliphatic heterocycles. The summed E-state index contributed by atoms with van der Waals surface area (Å²) in [6.07, 6.45) is 12.8. The molecule has 0 bridgehead atoms. The average Bonchev–Trinajstić information content (AvgIpc) is 2.74. The average molecular weight is 534 g/mol. The number of hydrogen-bond donors (Lipinski definition) is 2. The van der Waals surface area contributed by atoms with E-state index in [4.69, 9.17) is 39.9 Å². The maximum atomic E-state index is 12.7. The number of rotatable bonds is 5. The third kappa shape index (κ3) is 5.27. The van der Waals surface area contributed by atoms with E-state index in [1.807, 2.05) is 6.07 Å². The van der Waals surface area contributed by atoms with Crippen LogP contribution in [0.5, 0.6) is 0 Å². The highest BCUT2D eigenvalue weighted by Crippen LogP contribution is 2.45. The van der Waals surface area contributed by atoms with Crippen molar-refractivity contribution >= 4 is 52.5 Å². The topological polar surface area (TPSA) is 105 Å². The van der Waals surface area contributed by atoms with E-state index in [0.717, 1.165) is 36.8 Å². The van der Waals surface area contributed by atoms with E-state index in [1.54, 1.807) is 36.8 Å². The van der Waals surface area contributed by atoms with Gasteiger partial charge in [-0.3, -0.25) is 19.6 Å². The molecular formula is C25H23Cl3N4O3. The van der Waals surface area contributed by atoms with Gasteiger partial charge in [0.2, 0.25) is 5.91 Å². The van der Waals surface area contributed by atoms with E-state index in [2.05, 4.69) is 20.3 Å². The van der Waals surface area contributed by atoms with Crippen molar-refractivity contribution in [3.05, 3.63) is 81.4 Å². The Labute approximate surface area is 217 Å². The maximum absolute atomic E-state index is 12.7. The van der Waals surface area contributed by atoms with Gasteiger partial charge >= 0.3 is 5.97 Å². The van der Waals surface area contributed by atoms with Gasteiger partial charge in [0.25, 0.3) is 0 Å². The van der Waals surface area contributed by atoms with E-state index in [0.29, 0.717) is 33.7 Å². The Morgan fingerprint density at radius 3 is 1.71 bits per heavy atom. The molecule has 2 N–H and O–H groups in total. The largest absolute Gasteiger partial charge is 0.481 e. The molecule has 0 radical (unpaired) electrons. The highest BCUT2D eigenvalue weighted by Gasteiger charge is 2.47. The molecule has 182 valence electrons. The first kappa shape index (κ1) is 25.4. The summed E-state index contributed by atoms with van der Waals surface area (Å²) in [4.78, 5) is 35.9. The minimum absolute atomic E-state index is 0.0763. The number of pyridine rings is 3. The van der Waals surface area contributed by atoms with Gasteiger partial charge in [0.05, 0.1) is 25.9 Å². The summed E-state index contributed by atoms with van der Waals surface area (Å²) in [5, 5.41) is 13.6. The summed E-state index contributed by atoms with van der Waals surface area (Å²) < 4.78 is 0. The van der Waals surface area contributed by atoms with Crippen molar-refractivity contribution < 1.29 is 14.7 Å². The van der Waals surface area contributed by atoms with Crippen LogP contribution < -0.4 is 5.32 Å². The number of aliphatic carboxylic acids is 1. The zero-order chi connectivity index (χ0) is 25.1. The Balaban J connectivity index is 0.000000179. The van der Waals surface area contributed by atoms with Gasteiger partial charge in [0.15, 0.2) is 0 Å². The quantitative estimate of drug-likeness (QED) is 0.411. The Kier molecular flexibility index (Phi) is 7.59. The van der Waals surface area contributed by atoms with E-state index in [9.17, 15) is 9.59 Å². The molecule has 0 spiro atoms. The smallest absolute Gasteiger partial charge is 0.314 e. The van der Waals surface area contributed by atoms with Crippen LogP contribution in [0.15, 0.2) is 55.2 Å². The minimum Gasteiger partial charge on any atom is -0.481 e. The monoisotopic (exact) mass is 532 g/mol. The molecule has 5 rings (SSSR count). The zero-order valence-electron chi connectivity index (χ0n) is 18.7. The van der Waals surface area contributed by atoms with E-state index >= 15 is 0 Å². The van der Waals surface area contributed by atoms with Crippen LogP contribution in [0.25, 0.3) is 0 Å². The molecule has 10 heteroatoms. The molecule has 0 atom stereocenters. The number of nitrogens with one attached hydrogen (secondary N) is 1. The number of hydrogen-bond acceptors (Lipinski definition) is 5. The van der Waals surface area contributed by atoms with E-state index in [1.165, 1.54) is 12.4 Å². The molecule has 2 aliphatic rings. The number of halogens is 3. The molecule has 35 heavy (non-hydrogen) atoms. The zero-order valence-corrected chi connectivity index (χ0v) is 20.9. The first-order valence-corrected chi connectivity index (χ1v) is 12.3. The lowest BCUT2D eigenvalue weighted by atomic mass is 9.64. The standard InChI is InChI=1S/C15H13Cl2N3O.C10H10ClNO2/c16-11-2-3-13(19-9-11)20-14(21)15(4-1-5-15)10-6-12(17)8-18-7-10;11-8-4-7(5-12-6-8)10(9(13)14)2-1-3-10/h2-3,6-9H,1,4-5H2,(H,19,20,21);4-6H,1-3H2,(H,13,14). The van der Waals surface area contributed by atoms with Gasteiger partial charge in [-0.1, -0.05) is 47.6 Å². The molecule has 3 heterocycles. The summed E-state index contributed by atoms with van der Waals surface area (Å²) in [5.41, 5.74) is 0.299. The third-order valence-corrected chi connectivity index (χ3v) is 7.38. The van der Waals surface area contributed by atoms with Gasteiger partial charge in [-0.05, 0) is 61.1 Å². The Bertz CT molecular complexity index is 1230. The van der Waals surface area contributed by atoms with E-state index < -0.39 is 16.8 Å². The van der Waals surface area contributed by atoms with Crippen LogP contribution in [-0.2, 0) is 20.4 Å². The van der Waals surface area contributed by atoms with Gasteiger partial charge in [-0.2, -0.15) is 0 Å². The first-order valence-electron chi connectivity index (χ1n) is 11.1. The van der Waals surface area contributed by atoms with E-state index in [-0.39, 0.29) is 5.91 Å². The van der Waals surface area contributed by atoms with Crippen molar-refractivity contribution in [3.63, 3.8) is 0 Å². The maximum Gasteiger partial charge on any atom is 0.314 e. The van der Waals surface area contributed by atoms with Gasteiger partial charge in [0.1, 0.15) is 5.82 Å². The van der Waals surface area contributed by atoms with Gasteiger partial charge in [0, 0.05) is 31.0 Å². The number of nitrogens with zero attached hydrogens (tertiary/aromatic N) is 3. The van der Waals surface area contributed by atoms with Crippen molar-refractivity contribution in [3.8, 4) is 0 Å². The molecule has 0 saturated heterocycles. The molecule has 3 aromatic heterocycles. The Morgan fingerprint density at radius 2 is 1.31 bits per heavy atom. The molecule has 3 aromatic rings. The van der Waals surface area contributed by atoms with Gasteiger partial charge in [-0.25, -0.2) is 4.98 Å². The second-order valence-corrected chi connectivity index (χ2v) is 10.1. The number of anilines is 1. The summed E-state index contributed by atoms with van der Waals surface area (Å²) in [5.74, 6) is -0.355. The molecule has 0 unspecified atom stereocenters. The lowest BCUT2D eigenvalue weighted by Crippen LogP contribution is -2.46. The first-order chi connectivity index (χ1) is 16.7. The fraction of sp³-hybridized carbons (Fsp3) is 0.320. The molecular weight excluding hydrogens is 511 g/mol. The molecule has 2 saturated carbocycles. The summed E-state index contributed by atoms with van der Waals surface area (Å²) in [6.45, 7) is 0. The number of carbonyl (C=O) groups excluding carboxylic acids is 1. The number of carbonyl (C=O) groups is 2.